The van der Waals surface area contributed by atoms with Gasteiger partial charge in [-0.1, -0.05) is 17.8 Å². The summed E-state index contributed by atoms with van der Waals surface area (Å²) in [6.45, 7) is 0.873. The molecule has 7 heteroatoms. The van der Waals surface area contributed by atoms with Crippen molar-refractivity contribution < 1.29 is 8.42 Å². The molecule has 1 aromatic heterocycles. The van der Waals surface area contributed by atoms with Crippen molar-refractivity contribution in [2.45, 2.75) is 23.5 Å². The quantitative estimate of drug-likeness (QED) is 0.831. The van der Waals surface area contributed by atoms with Crippen LogP contribution in [0.15, 0.2) is 10.4 Å². The minimum absolute atomic E-state index is 0.110. The first-order chi connectivity index (χ1) is 7.05. The van der Waals surface area contributed by atoms with E-state index in [9.17, 15) is 8.42 Å². The molecule has 1 aromatic rings. The zero-order chi connectivity index (χ0) is 10.9. The summed E-state index contributed by atoms with van der Waals surface area (Å²) in [6, 6.07) is 0. The number of hydrogen-bond acceptors (Lipinski definition) is 5. The molecule has 2 rings (SSSR count). The van der Waals surface area contributed by atoms with Gasteiger partial charge in [0.15, 0.2) is 9.34 Å². The van der Waals surface area contributed by atoms with Gasteiger partial charge in [-0.05, 0) is 18.8 Å². The smallest absolute Gasteiger partial charge is 0.249 e. The van der Waals surface area contributed by atoms with E-state index in [0.717, 1.165) is 17.9 Å². The van der Waals surface area contributed by atoms with E-state index < -0.39 is 10.0 Å². The largest absolute Gasteiger partial charge is 0.361 e. The standard InChI is InChI=1S/C8H13N3O2S2/c9-15(12,13)7-5-11-8(14-7)10-4-6-2-1-3-6/h5-6H,1-4H2,(H,10,11)(H2,9,12,13). The predicted octanol–water partition coefficient (Wildman–Crippen LogP) is 1.00. The van der Waals surface area contributed by atoms with E-state index in [1.807, 2.05) is 0 Å². The second-order valence-corrected chi connectivity index (χ2v) is 6.53. The Kier molecular flexibility index (Phi) is 2.94. The van der Waals surface area contributed by atoms with E-state index in [1.165, 1.54) is 25.5 Å². The van der Waals surface area contributed by atoms with Crippen molar-refractivity contribution in [2.24, 2.45) is 11.1 Å². The van der Waals surface area contributed by atoms with Crippen molar-refractivity contribution in [3.63, 3.8) is 0 Å². The molecule has 1 aliphatic rings. The molecule has 0 aliphatic heterocycles. The van der Waals surface area contributed by atoms with Gasteiger partial charge in [-0.15, -0.1) is 0 Å². The van der Waals surface area contributed by atoms with Crippen LogP contribution in [0.2, 0.25) is 0 Å². The maximum Gasteiger partial charge on any atom is 0.249 e. The second-order valence-electron chi connectivity index (χ2n) is 3.71. The van der Waals surface area contributed by atoms with Gasteiger partial charge < -0.3 is 5.32 Å². The van der Waals surface area contributed by atoms with E-state index in [-0.39, 0.29) is 4.21 Å². The summed E-state index contributed by atoms with van der Waals surface area (Å²) in [5, 5.41) is 8.74. The number of rotatable bonds is 4. The Morgan fingerprint density at radius 3 is 2.80 bits per heavy atom. The van der Waals surface area contributed by atoms with Gasteiger partial charge in [0.05, 0.1) is 6.20 Å². The highest BCUT2D eigenvalue weighted by Gasteiger charge is 2.18. The van der Waals surface area contributed by atoms with Crippen molar-refractivity contribution >= 4 is 26.5 Å². The molecule has 5 nitrogen and oxygen atoms in total. The topological polar surface area (TPSA) is 85.1 Å². The lowest BCUT2D eigenvalue weighted by Crippen LogP contribution is -2.20. The van der Waals surface area contributed by atoms with Crippen LogP contribution in [0.25, 0.3) is 0 Å². The van der Waals surface area contributed by atoms with Crippen LogP contribution in [0.1, 0.15) is 19.3 Å². The molecule has 0 radical (unpaired) electrons. The van der Waals surface area contributed by atoms with Gasteiger partial charge >= 0.3 is 0 Å². The zero-order valence-electron chi connectivity index (χ0n) is 8.14. The molecule has 0 bridgehead atoms. The first kappa shape index (κ1) is 10.8. The van der Waals surface area contributed by atoms with Crippen molar-refractivity contribution in [3.05, 3.63) is 6.20 Å². The third-order valence-electron chi connectivity index (χ3n) is 2.53. The molecule has 3 N–H and O–H groups in total. The van der Waals surface area contributed by atoms with E-state index in [1.54, 1.807) is 0 Å². The van der Waals surface area contributed by atoms with Gasteiger partial charge in [-0.2, -0.15) is 0 Å². The Labute approximate surface area is 92.8 Å². The number of hydrogen-bond donors (Lipinski definition) is 2. The van der Waals surface area contributed by atoms with Crippen LogP contribution in [-0.4, -0.2) is 19.9 Å². The average Bonchev–Trinajstić information content (AvgIpc) is 2.48. The Bertz CT molecular complexity index is 436. The first-order valence-electron chi connectivity index (χ1n) is 4.78. The molecule has 0 aromatic carbocycles. The number of thiazole rings is 1. The number of sulfonamides is 1. The molecule has 0 spiro atoms. The average molecular weight is 247 g/mol. The van der Waals surface area contributed by atoms with Crippen LogP contribution in [0.3, 0.4) is 0 Å². The van der Waals surface area contributed by atoms with Crippen LogP contribution < -0.4 is 10.5 Å². The fraction of sp³-hybridized carbons (Fsp3) is 0.625. The summed E-state index contributed by atoms with van der Waals surface area (Å²) in [7, 11) is -3.60. The third-order valence-corrected chi connectivity index (χ3v) is 4.89. The highest BCUT2D eigenvalue weighted by atomic mass is 32.2. The molecule has 0 atom stereocenters. The van der Waals surface area contributed by atoms with Crippen molar-refractivity contribution in [3.8, 4) is 0 Å². The number of anilines is 1. The molecule has 1 heterocycles. The summed E-state index contributed by atoms with van der Waals surface area (Å²) in [5.74, 6) is 0.715. The molecule has 1 saturated carbocycles. The molecule has 1 aliphatic carbocycles. The number of nitrogens with zero attached hydrogens (tertiary/aromatic N) is 1. The van der Waals surface area contributed by atoms with Crippen LogP contribution in [0.5, 0.6) is 0 Å². The van der Waals surface area contributed by atoms with E-state index >= 15 is 0 Å². The fourth-order valence-corrected chi connectivity index (χ4v) is 2.86. The highest BCUT2D eigenvalue weighted by molar-refractivity contribution is 7.91. The second kappa shape index (κ2) is 4.07. The minimum Gasteiger partial charge on any atom is -0.361 e. The summed E-state index contributed by atoms with van der Waals surface area (Å²) in [5.41, 5.74) is 0. The molecule has 0 saturated heterocycles. The maximum atomic E-state index is 11.0. The summed E-state index contributed by atoms with van der Waals surface area (Å²) >= 11 is 1.08. The van der Waals surface area contributed by atoms with E-state index in [0.29, 0.717) is 11.0 Å². The minimum atomic E-state index is -3.60. The van der Waals surface area contributed by atoms with Gasteiger partial charge in [0, 0.05) is 6.54 Å². The van der Waals surface area contributed by atoms with Gasteiger partial charge in [0.2, 0.25) is 10.0 Å². The van der Waals surface area contributed by atoms with Crippen molar-refractivity contribution in [1.29, 1.82) is 0 Å². The molecule has 84 valence electrons. The molecular formula is C8H13N3O2S2. The Hall–Kier alpha value is -0.660. The van der Waals surface area contributed by atoms with Gasteiger partial charge in [-0.3, -0.25) is 0 Å². The van der Waals surface area contributed by atoms with E-state index in [4.69, 9.17) is 5.14 Å². The number of primary sulfonamides is 1. The lowest BCUT2D eigenvalue weighted by atomic mass is 9.86. The molecule has 1 fully saturated rings. The monoisotopic (exact) mass is 247 g/mol. The first-order valence-corrected chi connectivity index (χ1v) is 7.14. The number of aromatic nitrogens is 1. The summed E-state index contributed by atoms with van der Waals surface area (Å²) in [4.78, 5) is 3.96. The number of nitrogens with one attached hydrogen (secondary N) is 1. The maximum absolute atomic E-state index is 11.0. The molecule has 0 amide bonds. The highest BCUT2D eigenvalue weighted by Crippen LogP contribution is 2.27. The Morgan fingerprint density at radius 2 is 2.33 bits per heavy atom. The summed E-state index contributed by atoms with van der Waals surface area (Å²) < 4.78 is 22.1. The van der Waals surface area contributed by atoms with Gasteiger partial charge in [-0.25, -0.2) is 18.5 Å². The zero-order valence-corrected chi connectivity index (χ0v) is 9.77. The van der Waals surface area contributed by atoms with E-state index in [2.05, 4.69) is 10.3 Å². The van der Waals surface area contributed by atoms with Crippen molar-refractivity contribution in [1.82, 2.24) is 4.98 Å². The van der Waals surface area contributed by atoms with Crippen LogP contribution in [0, 0.1) is 5.92 Å². The van der Waals surface area contributed by atoms with Crippen LogP contribution in [0.4, 0.5) is 5.13 Å². The normalized spacial score (nSPS) is 17.4. The summed E-state index contributed by atoms with van der Waals surface area (Å²) in [6.07, 6.45) is 5.09. The lowest BCUT2D eigenvalue weighted by molar-refractivity contribution is 0.333. The van der Waals surface area contributed by atoms with Gasteiger partial charge in [0.1, 0.15) is 0 Å². The SMILES string of the molecule is NS(=O)(=O)c1cnc(NCC2CCC2)s1. The predicted molar refractivity (Wildman–Crippen MR) is 59.3 cm³/mol. The van der Waals surface area contributed by atoms with Crippen LogP contribution in [-0.2, 0) is 10.0 Å². The Balaban J connectivity index is 1.95. The molecule has 0 unspecified atom stereocenters. The lowest BCUT2D eigenvalue weighted by Gasteiger charge is -2.25. The van der Waals surface area contributed by atoms with Crippen molar-refractivity contribution in [2.75, 3.05) is 11.9 Å². The molecule has 15 heavy (non-hydrogen) atoms. The van der Waals surface area contributed by atoms with Crippen LogP contribution >= 0.6 is 11.3 Å². The number of nitrogens with two attached hydrogens (primary N) is 1. The molecular weight excluding hydrogens is 234 g/mol. The Morgan fingerprint density at radius 1 is 1.60 bits per heavy atom. The van der Waals surface area contributed by atoms with Gasteiger partial charge in [0.25, 0.3) is 0 Å². The third kappa shape index (κ3) is 2.67. The fourth-order valence-electron chi connectivity index (χ4n) is 1.40.